The second-order valence-corrected chi connectivity index (χ2v) is 7.53. The molecule has 0 bridgehead atoms. The Morgan fingerprint density at radius 1 is 1.11 bits per heavy atom. The first-order chi connectivity index (χ1) is 13.7. The fraction of sp³-hybridized carbons (Fsp3) is 0.182. The molecule has 142 valence electrons. The van der Waals surface area contributed by atoms with Crippen molar-refractivity contribution < 1.29 is 14.0 Å². The normalized spacial score (nSPS) is 13.3. The standard InChI is InChI=1S/C22H20N2O3S/c25-21-15-28-20-9-8-17(22(26)23-14-18-7-4-12-27-18)13-19(20)24(21)11-10-16-5-2-1-3-6-16/h1-9,12-13H,10-11,14-15H2,(H,23,26). The lowest BCUT2D eigenvalue weighted by atomic mass is 10.1. The second-order valence-electron chi connectivity index (χ2n) is 6.51. The zero-order valence-corrected chi connectivity index (χ0v) is 16.1. The van der Waals surface area contributed by atoms with Gasteiger partial charge in [-0.1, -0.05) is 30.3 Å². The van der Waals surface area contributed by atoms with Crippen molar-refractivity contribution in [2.75, 3.05) is 17.2 Å². The van der Waals surface area contributed by atoms with Gasteiger partial charge in [0.1, 0.15) is 5.76 Å². The van der Waals surface area contributed by atoms with Crippen molar-refractivity contribution in [2.45, 2.75) is 17.9 Å². The van der Waals surface area contributed by atoms with Crippen LogP contribution in [0, 0.1) is 0 Å². The zero-order chi connectivity index (χ0) is 19.3. The summed E-state index contributed by atoms with van der Waals surface area (Å²) in [4.78, 5) is 27.9. The summed E-state index contributed by atoms with van der Waals surface area (Å²) in [7, 11) is 0. The van der Waals surface area contributed by atoms with E-state index >= 15 is 0 Å². The van der Waals surface area contributed by atoms with Crippen LogP contribution in [0.25, 0.3) is 0 Å². The van der Waals surface area contributed by atoms with Crippen LogP contribution >= 0.6 is 11.8 Å². The summed E-state index contributed by atoms with van der Waals surface area (Å²) in [6, 6.07) is 19.2. The topological polar surface area (TPSA) is 62.6 Å². The molecule has 2 amide bonds. The van der Waals surface area contributed by atoms with E-state index in [9.17, 15) is 9.59 Å². The zero-order valence-electron chi connectivity index (χ0n) is 15.3. The first kappa shape index (κ1) is 18.4. The molecule has 1 aliphatic rings. The van der Waals surface area contributed by atoms with Crippen molar-refractivity contribution in [3.63, 3.8) is 0 Å². The fourth-order valence-corrected chi connectivity index (χ4v) is 4.07. The number of amides is 2. The number of nitrogens with one attached hydrogen (secondary N) is 1. The van der Waals surface area contributed by atoms with Gasteiger partial charge in [-0.05, 0) is 42.3 Å². The van der Waals surface area contributed by atoms with Gasteiger partial charge in [0.2, 0.25) is 5.91 Å². The maximum absolute atomic E-state index is 12.5. The van der Waals surface area contributed by atoms with Crippen molar-refractivity contribution >= 4 is 29.3 Å². The van der Waals surface area contributed by atoms with Crippen LogP contribution < -0.4 is 10.2 Å². The molecule has 3 aromatic rings. The van der Waals surface area contributed by atoms with Gasteiger partial charge in [0.05, 0.1) is 24.2 Å². The average molecular weight is 392 g/mol. The van der Waals surface area contributed by atoms with Crippen LogP contribution in [0.5, 0.6) is 0 Å². The number of rotatable bonds is 6. The molecule has 28 heavy (non-hydrogen) atoms. The number of carbonyl (C=O) groups is 2. The largest absolute Gasteiger partial charge is 0.467 e. The van der Waals surface area contributed by atoms with Crippen LogP contribution in [-0.4, -0.2) is 24.1 Å². The molecular weight excluding hydrogens is 372 g/mol. The third-order valence-corrected chi connectivity index (χ3v) is 5.68. The van der Waals surface area contributed by atoms with E-state index in [0.717, 1.165) is 17.0 Å². The van der Waals surface area contributed by atoms with E-state index in [-0.39, 0.29) is 11.8 Å². The molecule has 0 unspecified atom stereocenters. The predicted octanol–water partition coefficient (Wildman–Crippen LogP) is 3.89. The van der Waals surface area contributed by atoms with Crippen molar-refractivity contribution in [1.82, 2.24) is 5.32 Å². The van der Waals surface area contributed by atoms with Crippen LogP contribution in [0.15, 0.2) is 76.2 Å². The third kappa shape index (κ3) is 4.12. The van der Waals surface area contributed by atoms with Crippen molar-refractivity contribution in [3.05, 3.63) is 83.8 Å². The average Bonchev–Trinajstić information content (AvgIpc) is 3.25. The summed E-state index contributed by atoms with van der Waals surface area (Å²) in [6.07, 6.45) is 2.35. The van der Waals surface area contributed by atoms with Crippen LogP contribution in [0.2, 0.25) is 0 Å². The number of thioether (sulfide) groups is 1. The van der Waals surface area contributed by atoms with Crippen LogP contribution in [0.4, 0.5) is 5.69 Å². The highest BCUT2D eigenvalue weighted by molar-refractivity contribution is 8.00. The summed E-state index contributed by atoms with van der Waals surface area (Å²) >= 11 is 1.52. The summed E-state index contributed by atoms with van der Waals surface area (Å²) < 4.78 is 5.24. The second kappa shape index (κ2) is 8.35. The van der Waals surface area contributed by atoms with Crippen LogP contribution in [-0.2, 0) is 17.8 Å². The monoisotopic (exact) mass is 392 g/mol. The highest BCUT2D eigenvalue weighted by Crippen LogP contribution is 2.36. The molecule has 0 fully saturated rings. The number of hydrogen-bond donors (Lipinski definition) is 1. The molecule has 0 atom stereocenters. The van der Waals surface area contributed by atoms with E-state index in [1.165, 1.54) is 17.3 Å². The highest BCUT2D eigenvalue weighted by Gasteiger charge is 2.25. The van der Waals surface area contributed by atoms with Gasteiger partial charge in [-0.25, -0.2) is 0 Å². The van der Waals surface area contributed by atoms with E-state index in [0.29, 0.717) is 30.2 Å². The lowest BCUT2D eigenvalue weighted by Crippen LogP contribution is -2.37. The first-order valence-corrected chi connectivity index (χ1v) is 10.1. The number of nitrogens with zero attached hydrogens (tertiary/aromatic N) is 1. The molecule has 5 nitrogen and oxygen atoms in total. The quantitative estimate of drug-likeness (QED) is 0.691. The van der Waals surface area contributed by atoms with E-state index in [4.69, 9.17) is 4.42 Å². The van der Waals surface area contributed by atoms with Gasteiger partial charge >= 0.3 is 0 Å². The van der Waals surface area contributed by atoms with Gasteiger partial charge in [0, 0.05) is 17.0 Å². The summed E-state index contributed by atoms with van der Waals surface area (Å²) in [5.74, 6) is 1.000. The fourth-order valence-electron chi connectivity index (χ4n) is 3.16. The van der Waals surface area contributed by atoms with Gasteiger partial charge in [-0.3, -0.25) is 9.59 Å². The number of furan rings is 1. The van der Waals surface area contributed by atoms with Crippen LogP contribution in [0.3, 0.4) is 0 Å². The number of benzene rings is 2. The Morgan fingerprint density at radius 2 is 1.96 bits per heavy atom. The minimum absolute atomic E-state index is 0.0709. The molecule has 2 heterocycles. The minimum Gasteiger partial charge on any atom is -0.467 e. The molecule has 2 aromatic carbocycles. The van der Waals surface area contributed by atoms with Crippen molar-refractivity contribution in [3.8, 4) is 0 Å². The maximum Gasteiger partial charge on any atom is 0.251 e. The molecular formula is C22H20N2O3S. The first-order valence-electron chi connectivity index (χ1n) is 9.12. The molecule has 0 saturated heterocycles. The number of hydrogen-bond acceptors (Lipinski definition) is 4. The summed E-state index contributed by atoms with van der Waals surface area (Å²) in [6.45, 7) is 0.919. The van der Waals surface area contributed by atoms with E-state index < -0.39 is 0 Å². The molecule has 0 aliphatic carbocycles. The molecule has 1 N–H and O–H groups in total. The maximum atomic E-state index is 12.5. The third-order valence-electron chi connectivity index (χ3n) is 4.63. The lowest BCUT2D eigenvalue weighted by molar-refractivity contribution is -0.116. The Bertz CT molecular complexity index is 971. The SMILES string of the molecule is O=C(NCc1ccco1)c1ccc2c(c1)N(CCc1ccccc1)C(=O)CS2. The molecule has 1 aromatic heterocycles. The number of fused-ring (bicyclic) bond motifs is 1. The van der Waals surface area contributed by atoms with E-state index in [1.807, 2.05) is 36.4 Å². The number of anilines is 1. The Kier molecular flexibility index (Phi) is 5.48. The molecule has 6 heteroatoms. The van der Waals surface area contributed by atoms with E-state index in [1.54, 1.807) is 23.3 Å². The van der Waals surface area contributed by atoms with Crippen LogP contribution in [0.1, 0.15) is 21.7 Å². The molecule has 0 saturated carbocycles. The lowest BCUT2D eigenvalue weighted by Gasteiger charge is -2.29. The van der Waals surface area contributed by atoms with Gasteiger partial charge in [-0.2, -0.15) is 0 Å². The molecule has 0 spiro atoms. The van der Waals surface area contributed by atoms with Gasteiger partial charge in [0.25, 0.3) is 5.91 Å². The molecule has 4 rings (SSSR count). The Balaban J connectivity index is 1.50. The Labute approximate surface area is 167 Å². The highest BCUT2D eigenvalue weighted by atomic mass is 32.2. The van der Waals surface area contributed by atoms with Gasteiger partial charge in [-0.15, -0.1) is 11.8 Å². The van der Waals surface area contributed by atoms with E-state index in [2.05, 4.69) is 17.4 Å². The van der Waals surface area contributed by atoms with Crippen molar-refractivity contribution in [2.24, 2.45) is 0 Å². The molecule has 1 aliphatic heterocycles. The number of carbonyl (C=O) groups excluding carboxylic acids is 2. The smallest absolute Gasteiger partial charge is 0.251 e. The Morgan fingerprint density at radius 3 is 2.75 bits per heavy atom. The summed E-state index contributed by atoms with van der Waals surface area (Å²) in [5, 5.41) is 2.85. The molecule has 0 radical (unpaired) electrons. The van der Waals surface area contributed by atoms with Gasteiger partial charge < -0.3 is 14.6 Å². The Hall–Kier alpha value is -2.99. The van der Waals surface area contributed by atoms with Crippen molar-refractivity contribution in [1.29, 1.82) is 0 Å². The predicted molar refractivity (Wildman–Crippen MR) is 110 cm³/mol. The summed E-state index contributed by atoms with van der Waals surface area (Å²) in [5.41, 5.74) is 2.52. The van der Waals surface area contributed by atoms with Gasteiger partial charge in [0.15, 0.2) is 0 Å². The minimum atomic E-state index is -0.190.